The monoisotopic (exact) mass is 308 g/mol. The molecule has 22 heavy (non-hydrogen) atoms. The summed E-state index contributed by atoms with van der Waals surface area (Å²) < 4.78 is 5.12. The van der Waals surface area contributed by atoms with Crippen molar-refractivity contribution < 1.29 is 24.5 Å². The van der Waals surface area contributed by atoms with Crippen molar-refractivity contribution in [2.24, 2.45) is 0 Å². The first kappa shape index (κ1) is 16.1. The molecular weight excluding hydrogens is 288 g/mol. The summed E-state index contributed by atoms with van der Waals surface area (Å²) in [4.78, 5) is 22.6. The third-order valence-corrected chi connectivity index (χ3v) is 3.65. The highest BCUT2D eigenvalue weighted by Crippen LogP contribution is 2.19. The first-order valence-electron chi connectivity index (χ1n) is 7.19. The summed E-state index contributed by atoms with van der Waals surface area (Å²) in [5.74, 6) is 0. The second kappa shape index (κ2) is 7.65. The quantitative estimate of drug-likeness (QED) is 0.673. The number of carboxylic acid groups (broad SMARTS) is 1. The summed E-state index contributed by atoms with van der Waals surface area (Å²) >= 11 is 0. The second-order valence-electron chi connectivity index (χ2n) is 5.34. The fourth-order valence-corrected chi connectivity index (χ4v) is 2.56. The van der Waals surface area contributed by atoms with Gasteiger partial charge in [0.15, 0.2) is 0 Å². The van der Waals surface area contributed by atoms with Crippen molar-refractivity contribution in [1.82, 2.24) is 10.6 Å². The van der Waals surface area contributed by atoms with E-state index >= 15 is 0 Å². The summed E-state index contributed by atoms with van der Waals surface area (Å²) in [6.45, 7) is 0.152. The molecule has 7 heteroatoms. The summed E-state index contributed by atoms with van der Waals surface area (Å²) in [5, 5.41) is 23.4. The van der Waals surface area contributed by atoms with Crippen molar-refractivity contribution in [2.45, 2.75) is 44.1 Å². The smallest absolute Gasteiger partial charge is 0.407 e. The fourth-order valence-electron chi connectivity index (χ4n) is 2.56. The molecule has 1 aliphatic rings. The molecule has 1 aliphatic carbocycles. The van der Waals surface area contributed by atoms with E-state index in [1.165, 1.54) is 0 Å². The molecular formula is C15H20N2O5. The van der Waals surface area contributed by atoms with Gasteiger partial charge in [-0.2, -0.15) is 0 Å². The maximum Gasteiger partial charge on any atom is 0.407 e. The van der Waals surface area contributed by atoms with E-state index in [1.807, 2.05) is 30.3 Å². The Hall–Kier alpha value is -2.28. The standard InChI is InChI=1S/C15H20N2O5/c18-11-6-7-12(13(8-11)16-14(19)20)17-15(21)22-9-10-4-2-1-3-5-10/h1-5,11-13,16,18H,6-9H2,(H,17,21)(H,19,20). The third-order valence-electron chi connectivity index (χ3n) is 3.65. The molecule has 3 unspecified atom stereocenters. The van der Waals surface area contributed by atoms with E-state index in [0.29, 0.717) is 12.8 Å². The molecule has 1 saturated carbocycles. The third kappa shape index (κ3) is 4.92. The number of amides is 2. The molecule has 1 fully saturated rings. The number of ether oxygens (including phenoxy) is 1. The zero-order valence-corrected chi connectivity index (χ0v) is 12.1. The summed E-state index contributed by atoms with van der Waals surface area (Å²) in [5.41, 5.74) is 0.872. The van der Waals surface area contributed by atoms with Crippen molar-refractivity contribution in [3.05, 3.63) is 35.9 Å². The Morgan fingerprint density at radius 1 is 1.14 bits per heavy atom. The fraction of sp³-hybridized carbons (Fsp3) is 0.467. The molecule has 0 bridgehead atoms. The number of aliphatic hydroxyl groups excluding tert-OH is 1. The van der Waals surface area contributed by atoms with Gasteiger partial charge in [0.05, 0.1) is 18.2 Å². The van der Waals surface area contributed by atoms with Crippen molar-refractivity contribution in [1.29, 1.82) is 0 Å². The predicted molar refractivity (Wildman–Crippen MR) is 78.4 cm³/mol. The van der Waals surface area contributed by atoms with Crippen LogP contribution in [0.3, 0.4) is 0 Å². The highest BCUT2D eigenvalue weighted by Gasteiger charge is 2.32. The lowest BCUT2D eigenvalue weighted by Gasteiger charge is -2.34. The van der Waals surface area contributed by atoms with E-state index in [4.69, 9.17) is 9.84 Å². The van der Waals surface area contributed by atoms with E-state index in [2.05, 4.69) is 10.6 Å². The van der Waals surface area contributed by atoms with Gasteiger partial charge in [0.25, 0.3) is 0 Å². The molecule has 0 saturated heterocycles. The molecule has 1 aromatic carbocycles. The molecule has 2 rings (SSSR count). The largest absolute Gasteiger partial charge is 0.465 e. The van der Waals surface area contributed by atoms with E-state index in [-0.39, 0.29) is 19.1 Å². The van der Waals surface area contributed by atoms with Crippen LogP contribution in [0.1, 0.15) is 24.8 Å². The van der Waals surface area contributed by atoms with Gasteiger partial charge in [-0.25, -0.2) is 9.59 Å². The molecule has 4 N–H and O–H groups in total. The Morgan fingerprint density at radius 3 is 2.55 bits per heavy atom. The number of rotatable bonds is 4. The topological polar surface area (TPSA) is 108 Å². The lowest BCUT2D eigenvalue weighted by molar-refractivity contribution is 0.0848. The van der Waals surface area contributed by atoms with Crippen LogP contribution in [0.5, 0.6) is 0 Å². The van der Waals surface area contributed by atoms with Crippen LogP contribution in [0.15, 0.2) is 30.3 Å². The van der Waals surface area contributed by atoms with E-state index in [9.17, 15) is 14.7 Å². The molecule has 1 aromatic rings. The Bertz CT molecular complexity index is 508. The van der Waals surface area contributed by atoms with E-state index in [0.717, 1.165) is 5.56 Å². The molecule has 0 radical (unpaired) electrons. The highest BCUT2D eigenvalue weighted by atomic mass is 16.5. The van der Waals surface area contributed by atoms with Crippen LogP contribution in [0.25, 0.3) is 0 Å². The molecule has 0 aliphatic heterocycles. The van der Waals surface area contributed by atoms with Gasteiger partial charge in [-0.15, -0.1) is 0 Å². The normalized spacial score (nSPS) is 24.3. The predicted octanol–water partition coefficient (Wildman–Crippen LogP) is 1.46. The second-order valence-corrected chi connectivity index (χ2v) is 5.34. The van der Waals surface area contributed by atoms with Gasteiger partial charge in [-0.3, -0.25) is 0 Å². The molecule has 0 spiro atoms. The first-order valence-corrected chi connectivity index (χ1v) is 7.19. The van der Waals surface area contributed by atoms with Gasteiger partial charge in [-0.1, -0.05) is 30.3 Å². The Labute approximate surface area is 128 Å². The van der Waals surface area contributed by atoms with Crippen LogP contribution in [-0.2, 0) is 11.3 Å². The summed E-state index contributed by atoms with van der Waals surface area (Å²) in [6, 6.07) is 8.36. The van der Waals surface area contributed by atoms with Crippen molar-refractivity contribution in [3.63, 3.8) is 0 Å². The van der Waals surface area contributed by atoms with Gasteiger partial charge in [0.1, 0.15) is 6.61 Å². The van der Waals surface area contributed by atoms with Crippen LogP contribution >= 0.6 is 0 Å². The molecule has 0 heterocycles. The number of carbonyl (C=O) groups excluding carboxylic acids is 1. The van der Waals surface area contributed by atoms with Gasteiger partial charge < -0.3 is 25.6 Å². The zero-order chi connectivity index (χ0) is 15.9. The van der Waals surface area contributed by atoms with E-state index < -0.39 is 24.3 Å². The number of nitrogens with one attached hydrogen (secondary N) is 2. The number of hydrogen-bond donors (Lipinski definition) is 4. The first-order chi connectivity index (χ1) is 10.5. The highest BCUT2D eigenvalue weighted by molar-refractivity contribution is 5.68. The van der Waals surface area contributed by atoms with Crippen LogP contribution < -0.4 is 10.6 Å². The number of benzene rings is 1. The Morgan fingerprint density at radius 2 is 1.86 bits per heavy atom. The van der Waals surface area contributed by atoms with Gasteiger partial charge in [0, 0.05) is 0 Å². The number of alkyl carbamates (subject to hydrolysis) is 1. The van der Waals surface area contributed by atoms with Crippen molar-refractivity contribution >= 4 is 12.2 Å². The van der Waals surface area contributed by atoms with Crippen LogP contribution in [0.4, 0.5) is 9.59 Å². The maximum absolute atomic E-state index is 11.8. The molecule has 3 atom stereocenters. The molecule has 0 aromatic heterocycles. The SMILES string of the molecule is O=C(O)NC1CC(O)CCC1NC(=O)OCc1ccccc1. The lowest BCUT2D eigenvalue weighted by atomic mass is 9.88. The molecule has 7 nitrogen and oxygen atoms in total. The number of aliphatic hydroxyl groups is 1. The number of hydrogen-bond acceptors (Lipinski definition) is 4. The minimum absolute atomic E-state index is 0.152. The zero-order valence-electron chi connectivity index (χ0n) is 12.1. The van der Waals surface area contributed by atoms with Crippen LogP contribution in [0.2, 0.25) is 0 Å². The van der Waals surface area contributed by atoms with Crippen LogP contribution in [-0.4, -0.2) is 40.6 Å². The Kier molecular flexibility index (Phi) is 5.60. The maximum atomic E-state index is 11.8. The van der Waals surface area contributed by atoms with Gasteiger partial charge in [-0.05, 0) is 24.8 Å². The average Bonchev–Trinajstić information content (AvgIpc) is 2.48. The minimum Gasteiger partial charge on any atom is -0.465 e. The summed E-state index contributed by atoms with van der Waals surface area (Å²) in [6.07, 6.45) is -1.05. The lowest BCUT2D eigenvalue weighted by Crippen LogP contribution is -2.55. The summed E-state index contributed by atoms with van der Waals surface area (Å²) in [7, 11) is 0. The van der Waals surface area contributed by atoms with Crippen molar-refractivity contribution in [3.8, 4) is 0 Å². The van der Waals surface area contributed by atoms with E-state index in [1.54, 1.807) is 0 Å². The molecule has 120 valence electrons. The van der Waals surface area contributed by atoms with Gasteiger partial charge in [0.2, 0.25) is 0 Å². The van der Waals surface area contributed by atoms with Crippen molar-refractivity contribution in [2.75, 3.05) is 0 Å². The van der Waals surface area contributed by atoms with Crippen LogP contribution in [0, 0.1) is 0 Å². The molecule has 2 amide bonds. The average molecular weight is 308 g/mol. The van der Waals surface area contributed by atoms with Gasteiger partial charge >= 0.3 is 12.2 Å². The Balaban J connectivity index is 1.84. The minimum atomic E-state index is -1.18. The number of carbonyl (C=O) groups is 2.